The predicted octanol–water partition coefficient (Wildman–Crippen LogP) is 0.520. The average molecular weight is 397 g/mol. The molecule has 1 aliphatic heterocycles. The fraction of sp³-hybridized carbons (Fsp3) is 0.556. The number of ether oxygens (including phenoxy) is 4. The second-order valence-corrected chi connectivity index (χ2v) is 6.06. The number of hydrogen-bond donors (Lipinski definition) is 0. The number of esters is 3. The Morgan fingerprint density at radius 3 is 2.11 bits per heavy atom. The largest absolute Gasteiger partial charge is 0.463 e. The van der Waals surface area contributed by atoms with Crippen molar-refractivity contribution in [2.45, 2.75) is 46.8 Å². The van der Waals surface area contributed by atoms with E-state index >= 15 is 0 Å². The van der Waals surface area contributed by atoms with Crippen molar-refractivity contribution in [2.24, 2.45) is 10.9 Å². The number of carbonyl (C=O) groups is 5. The van der Waals surface area contributed by atoms with Crippen LogP contribution < -0.4 is 0 Å². The lowest BCUT2D eigenvalue weighted by molar-refractivity contribution is -0.168. The maximum Gasteiger partial charge on any atom is 0.307 e. The van der Waals surface area contributed by atoms with E-state index in [0.29, 0.717) is 0 Å². The summed E-state index contributed by atoms with van der Waals surface area (Å²) in [5, 5.41) is 0. The zero-order valence-electron chi connectivity index (χ0n) is 16.3. The van der Waals surface area contributed by atoms with E-state index in [1.807, 2.05) is 0 Å². The molecule has 10 nitrogen and oxygen atoms in total. The highest BCUT2D eigenvalue weighted by atomic mass is 16.6. The van der Waals surface area contributed by atoms with Crippen LogP contribution in [-0.4, -0.2) is 61.1 Å². The van der Waals surface area contributed by atoms with Gasteiger partial charge >= 0.3 is 17.9 Å². The van der Waals surface area contributed by atoms with E-state index in [1.54, 1.807) is 0 Å². The van der Waals surface area contributed by atoms with Crippen molar-refractivity contribution in [2.75, 3.05) is 13.2 Å². The molecule has 28 heavy (non-hydrogen) atoms. The fourth-order valence-corrected chi connectivity index (χ4v) is 2.35. The second-order valence-electron chi connectivity index (χ2n) is 6.06. The Kier molecular flexibility index (Phi) is 8.65. The summed E-state index contributed by atoms with van der Waals surface area (Å²) in [7, 11) is 0. The van der Waals surface area contributed by atoms with Crippen LogP contribution in [0.15, 0.2) is 16.4 Å². The minimum atomic E-state index is -1.21. The molecule has 0 spiro atoms. The maximum absolute atomic E-state index is 11.6. The van der Waals surface area contributed by atoms with Crippen molar-refractivity contribution >= 4 is 35.7 Å². The van der Waals surface area contributed by atoms with Crippen molar-refractivity contribution in [1.29, 1.82) is 0 Å². The van der Waals surface area contributed by atoms with Gasteiger partial charge in [0.1, 0.15) is 35.9 Å². The van der Waals surface area contributed by atoms with Gasteiger partial charge in [-0.15, -0.1) is 0 Å². The quantitative estimate of drug-likeness (QED) is 0.248. The third-order valence-electron chi connectivity index (χ3n) is 3.57. The molecule has 0 fully saturated rings. The van der Waals surface area contributed by atoms with E-state index in [0.717, 1.165) is 20.1 Å². The van der Waals surface area contributed by atoms with Gasteiger partial charge in [0.05, 0.1) is 6.61 Å². The van der Waals surface area contributed by atoms with Crippen LogP contribution >= 0.6 is 0 Å². The minimum absolute atomic E-state index is 0.0630. The number of Topliss-reactive ketones (excluding diaryl/α,β-unsaturated/α-hetero) is 2. The van der Waals surface area contributed by atoms with Gasteiger partial charge in [0, 0.05) is 27.0 Å². The van der Waals surface area contributed by atoms with E-state index in [2.05, 4.69) is 4.99 Å². The lowest BCUT2D eigenvalue weighted by Gasteiger charge is -2.32. The van der Waals surface area contributed by atoms with Crippen LogP contribution in [0.25, 0.3) is 0 Å². The normalized spacial score (nSPS) is 19.5. The third kappa shape index (κ3) is 7.03. The van der Waals surface area contributed by atoms with Gasteiger partial charge < -0.3 is 18.9 Å². The number of rotatable bonds is 8. The lowest BCUT2D eigenvalue weighted by atomic mass is 10.0. The highest BCUT2D eigenvalue weighted by Crippen LogP contribution is 2.27. The topological polar surface area (TPSA) is 135 Å². The van der Waals surface area contributed by atoms with Crippen molar-refractivity contribution in [3.05, 3.63) is 11.5 Å². The van der Waals surface area contributed by atoms with Gasteiger partial charge in [0.15, 0.2) is 11.9 Å². The zero-order valence-corrected chi connectivity index (χ0v) is 16.3. The second kappa shape index (κ2) is 10.5. The summed E-state index contributed by atoms with van der Waals surface area (Å²) >= 11 is 0. The minimum Gasteiger partial charge on any atom is -0.463 e. The molecular weight excluding hydrogens is 374 g/mol. The molecule has 0 aromatic rings. The summed E-state index contributed by atoms with van der Waals surface area (Å²) in [5.41, 5.74) is 0.0630. The Hall–Kier alpha value is -2.88. The summed E-state index contributed by atoms with van der Waals surface area (Å²) in [5.74, 6) is -3.98. The highest BCUT2D eigenvalue weighted by Gasteiger charge is 2.38. The summed E-state index contributed by atoms with van der Waals surface area (Å²) in [4.78, 5) is 61.3. The number of nitrogens with zero attached hydrogens (tertiary/aromatic N) is 1. The van der Waals surface area contributed by atoms with Crippen molar-refractivity contribution in [3.63, 3.8) is 0 Å². The van der Waals surface area contributed by atoms with Crippen LogP contribution in [0.1, 0.15) is 34.6 Å². The summed E-state index contributed by atoms with van der Waals surface area (Å²) in [6.45, 7) is 5.54. The molecule has 2 atom stereocenters. The Morgan fingerprint density at radius 1 is 1.04 bits per heavy atom. The SMILES string of the molecule is CC(=O)OC[C@H]1OCC(N=CC(C(C)=O)C(C)=O)=C(OC(C)=O)[C@@H]1OC(C)=O. The Balaban J connectivity index is 3.31. The molecule has 0 amide bonds. The van der Waals surface area contributed by atoms with Crippen molar-refractivity contribution in [3.8, 4) is 0 Å². The van der Waals surface area contributed by atoms with E-state index in [4.69, 9.17) is 18.9 Å². The van der Waals surface area contributed by atoms with Crippen LogP contribution in [0, 0.1) is 5.92 Å². The fourth-order valence-electron chi connectivity index (χ4n) is 2.35. The van der Waals surface area contributed by atoms with Crippen LogP contribution in [0.2, 0.25) is 0 Å². The van der Waals surface area contributed by atoms with Gasteiger partial charge in [0.2, 0.25) is 0 Å². The molecule has 1 aliphatic rings. The van der Waals surface area contributed by atoms with Gasteiger partial charge in [-0.05, 0) is 13.8 Å². The van der Waals surface area contributed by atoms with E-state index in [1.165, 1.54) is 20.8 Å². The summed E-state index contributed by atoms with van der Waals surface area (Å²) in [6, 6.07) is 0. The number of aliphatic imine (C=N–C) groups is 1. The molecule has 0 aromatic heterocycles. The first-order valence-electron chi connectivity index (χ1n) is 8.41. The molecule has 154 valence electrons. The van der Waals surface area contributed by atoms with Crippen molar-refractivity contribution < 1.29 is 42.9 Å². The first-order chi connectivity index (χ1) is 13.0. The highest BCUT2D eigenvalue weighted by molar-refractivity contribution is 6.13. The first kappa shape index (κ1) is 23.2. The molecule has 0 aromatic carbocycles. The molecular formula is C18H23NO9. The summed E-state index contributed by atoms with van der Waals surface area (Å²) < 4.78 is 20.8. The van der Waals surface area contributed by atoms with Crippen LogP contribution in [0.4, 0.5) is 0 Å². The number of ketones is 2. The lowest BCUT2D eigenvalue weighted by Crippen LogP contribution is -2.43. The average Bonchev–Trinajstić information content (AvgIpc) is 2.54. The van der Waals surface area contributed by atoms with Gasteiger partial charge in [-0.2, -0.15) is 0 Å². The van der Waals surface area contributed by atoms with Crippen LogP contribution in [0.3, 0.4) is 0 Å². The van der Waals surface area contributed by atoms with Gasteiger partial charge in [0.25, 0.3) is 0 Å². The zero-order chi connectivity index (χ0) is 21.4. The van der Waals surface area contributed by atoms with E-state index in [-0.39, 0.29) is 24.7 Å². The Morgan fingerprint density at radius 2 is 1.64 bits per heavy atom. The molecule has 0 bridgehead atoms. The molecule has 0 saturated heterocycles. The van der Waals surface area contributed by atoms with Crippen molar-refractivity contribution in [1.82, 2.24) is 0 Å². The predicted molar refractivity (Wildman–Crippen MR) is 94.1 cm³/mol. The first-order valence-corrected chi connectivity index (χ1v) is 8.41. The van der Waals surface area contributed by atoms with Gasteiger partial charge in [-0.3, -0.25) is 29.0 Å². The van der Waals surface area contributed by atoms with Crippen LogP contribution in [0.5, 0.6) is 0 Å². The third-order valence-corrected chi connectivity index (χ3v) is 3.57. The number of hydrogen-bond acceptors (Lipinski definition) is 10. The number of carbonyl (C=O) groups excluding carboxylic acids is 5. The summed E-state index contributed by atoms with van der Waals surface area (Å²) in [6.07, 6.45) is -1.03. The molecule has 0 aliphatic carbocycles. The van der Waals surface area contributed by atoms with E-state index < -0.39 is 47.6 Å². The van der Waals surface area contributed by atoms with Gasteiger partial charge in [-0.1, -0.05) is 0 Å². The van der Waals surface area contributed by atoms with E-state index in [9.17, 15) is 24.0 Å². The molecule has 1 heterocycles. The van der Waals surface area contributed by atoms with Crippen LogP contribution in [-0.2, 0) is 42.9 Å². The molecule has 0 N–H and O–H groups in total. The molecule has 0 unspecified atom stereocenters. The van der Waals surface area contributed by atoms with Gasteiger partial charge in [-0.25, -0.2) is 0 Å². The molecule has 10 heteroatoms. The Labute approximate surface area is 161 Å². The molecule has 0 saturated carbocycles. The standard InChI is InChI=1S/C18H23NO9/c1-9(20)14(10(2)21)6-19-15-7-26-16(8-25-11(3)22)18(28-13(5)24)17(15)27-12(4)23/h6,14,16,18H,7-8H2,1-5H3/t16-,18-/m1/s1. The smallest absolute Gasteiger partial charge is 0.307 e. The molecule has 1 rings (SSSR count). The monoisotopic (exact) mass is 397 g/mol. The Bertz CT molecular complexity index is 709. The maximum atomic E-state index is 11.6. The molecule has 0 radical (unpaired) electrons.